The standard InChI is InChI=1S/C27H27FN2O2/c1-29-24-11-10-20(19-8-5-9-21(28)15-19)16-23(24)27-22(25(29)17-31)12-13-30(27)26(32)14-18-6-3-2-4-7-18/h2-11,15-16,22,25,27,31H,12-14,17H2,1H3/t22-,25-,27-/m0/s1. The third-order valence-electron chi connectivity index (χ3n) is 7.03. The molecule has 0 aromatic heterocycles. The maximum Gasteiger partial charge on any atom is 0.227 e. The van der Waals surface area contributed by atoms with Crippen LogP contribution in [0.5, 0.6) is 0 Å². The first-order chi connectivity index (χ1) is 15.6. The molecule has 0 bridgehead atoms. The minimum atomic E-state index is -0.268. The van der Waals surface area contributed by atoms with Gasteiger partial charge in [-0.15, -0.1) is 0 Å². The Morgan fingerprint density at radius 1 is 1.03 bits per heavy atom. The number of carbonyl (C=O) groups excluding carboxylic acids is 1. The summed E-state index contributed by atoms with van der Waals surface area (Å²) in [5.41, 5.74) is 4.84. The van der Waals surface area contributed by atoms with Crippen LogP contribution in [-0.2, 0) is 11.2 Å². The van der Waals surface area contributed by atoms with Crippen LogP contribution in [0.3, 0.4) is 0 Å². The predicted molar refractivity (Wildman–Crippen MR) is 124 cm³/mol. The zero-order chi connectivity index (χ0) is 22.2. The van der Waals surface area contributed by atoms with Crippen molar-refractivity contribution in [1.82, 2.24) is 4.90 Å². The van der Waals surface area contributed by atoms with Crippen LogP contribution in [0, 0.1) is 11.7 Å². The molecule has 2 aliphatic heterocycles. The number of halogens is 1. The lowest BCUT2D eigenvalue weighted by atomic mass is 9.81. The summed E-state index contributed by atoms with van der Waals surface area (Å²) in [5, 5.41) is 10.2. The molecule has 3 aromatic rings. The van der Waals surface area contributed by atoms with E-state index in [4.69, 9.17) is 0 Å². The van der Waals surface area contributed by atoms with Crippen molar-refractivity contribution in [3.05, 3.63) is 89.7 Å². The molecule has 0 unspecified atom stereocenters. The number of hydrogen-bond acceptors (Lipinski definition) is 3. The van der Waals surface area contributed by atoms with Crippen molar-refractivity contribution in [2.45, 2.75) is 24.9 Å². The van der Waals surface area contributed by atoms with Gasteiger partial charge in [0, 0.05) is 25.2 Å². The lowest BCUT2D eigenvalue weighted by molar-refractivity contribution is -0.132. The van der Waals surface area contributed by atoms with Gasteiger partial charge >= 0.3 is 0 Å². The minimum absolute atomic E-state index is 0.0398. The van der Waals surface area contributed by atoms with Crippen LogP contribution in [-0.4, -0.2) is 42.2 Å². The van der Waals surface area contributed by atoms with E-state index >= 15 is 0 Å². The number of aliphatic hydroxyl groups is 1. The average molecular weight is 431 g/mol. The summed E-state index contributed by atoms with van der Waals surface area (Å²) in [6.07, 6.45) is 1.22. The van der Waals surface area contributed by atoms with E-state index < -0.39 is 0 Å². The topological polar surface area (TPSA) is 43.8 Å². The van der Waals surface area contributed by atoms with Crippen molar-refractivity contribution in [3.8, 4) is 11.1 Å². The number of likely N-dealkylation sites (tertiary alicyclic amines) is 1. The molecule has 2 heterocycles. The number of rotatable bonds is 4. The van der Waals surface area contributed by atoms with Crippen LogP contribution in [0.4, 0.5) is 10.1 Å². The zero-order valence-electron chi connectivity index (χ0n) is 18.1. The average Bonchev–Trinajstić information content (AvgIpc) is 3.25. The van der Waals surface area contributed by atoms with E-state index in [0.717, 1.165) is 34.4 Å². The Labute approximate surface area is 187 Å². The second-order valence-corrected chi connectivity index (χ2v) is 8.79. The summed E-state index contributed by atoms with van der Waals surface area (Å²) >= 11 is 0. The van der Waals surface area contributed by atoms with E-state index in [1.807, 2.05) is 60.5 Å². The van der Waals surface area contributed by atoms with Gasteiger partial charge in [-0.1, -0.05) is 48.5 Å². The highest BCUT2D eigenvalue weighted by Gasteiger charge is 2.47. The molecular formula is C27H27FN2O2. The van der Waals surface area contributed by atoms with Gasteiger partial charge in [0.15, 0.2) is 0 Å². The third-order valence-corrected chi connectivity index (χ3v) is 7.03. The minimum Gasteiger partial charge on any atom is -0.394 e. The summed E-state index contributed by atoms with van der Waals surface area (Å²) in [6.45, 7) is 0.721. The monoisotopic (exact) mass is 430 g/mol. The molecule has 1 amide bonds. The second kappa shape index (κ2) is 8.40. The van der Waals surface area contributed by atoms with E-state index in [9.17, 15) is 14.3 Å². The van der Waals surface area contributed by atoms with Crippen LogP contribution < -0.4 is 4.90 Å². The van der Waals surface area contributed by atoms with Crippen LogP contribution >= 0.6 is 0 Å². The van der Waals surface area contributed by atoms with E-state index in [1.165, 1.54) is 12.1 Å². The SMILES string of the molecule is CN1c2ccc(-c3cccc(F)c3)cc2[C@@H]2[C@@H](CCN2C(=O)Cc2ccccc2)[C@@H]1CO. The molecule has 2 aliphatic rings. The first-order valence-corrected chi connectivity index (χ1v) is 11.1. The molecule has 0 radical (unpaired) electrons. The zero-order valence-corrected chi connectivity index (χ0v) is 18.1. The summed E-state index contributed by atoms with van der Waals surface area (Å²) in [5.74, 6) is -0.0110. The van der Waals surface area contributed by atoms with Gasteiger partial charge in [-0.25, -0.2) is 4.39 Å². The second-order valence-electron chi connectivity index (χ2n) is 8.79. The predicted octanol–water partition coefficient (Wildman–Crippen LogP) is 4.44. The van der Waals surface area contributed by atoms with E-state index in [-0.39, 0.29) is 36.3 Å². The Balaban J connectivity index is 1.55. The van der Waals surface area contributed by atoms with Crippen molar-refractivity contribution in [1.29, 1.82) is 0 Å². The first kappa shape index (κ1) is 20.7. The maximum absolute atomic E-state index is 13.9. The molecule has 4 nitrogen and oxygen atoms in total. The number of benzene rings is 3. The van der Waals surface area contributed by atoms with Gasteiger partial charge in [0.2, 0.25) is 5.91 Å². The molecule has 3 aromatic carbocycles. The molecule has 5 rings (SSSR count). The fourth-order valence-corrected chi connectivity index (χ4v) is 5.45. The number of aliphatic hydroxyl groups excluding tert-OH is 1. The molecule has 5 heteroatoms. The Morgan fingerprint density at radius 3 is 2.56 bits per heavy atom. The Kier molecular flexibility index (Phi) is 5.43. The Morgan fingerprint density at radius 2 is 1.81 bits per heavy atom. The lowest BCUT2D eigenvalue weighted by Gasteiger charge is -2.44. The van der Waals surface area contributed by atoms with Crippen LogP contribution in [0.25, 0.3) is 11.1 Å². The van der Waals surface area contributed by atoms with Gasteiger partial charge in [0.25, 0.3) is 0 Å². The smallest absolute Gasteiger partial charge is 0.227 e. The number of carbonyl (C=O) groups is 1. The van der Waals surface area contributed by atoms with Crippen molar-refractivity contribution < 1.29 is 14.3 Å². The third kappa shape index (κ3) is 3.56. The molecular weight excluding hydrogens is 403 g/mol. The van der Waals surface area contributed by atoms with Crippen molar-refractivity contribution >= 4 is 11.6 Å². The first-order valence-electron chi connectivity index (χ1n) is 11.1. The number of hydrogen-bond donors (Lipinski definition) is 1. The molecule has 0 aliphatic carbocycles. The van der Waals surface area contributed by atoms with Crippen molar-refractivity contribution in [2.75, 3.05) is 25.1 Å². The number of fused-ring (bicyclic) bond motifs is 3. The quantitative estimate of drug-likeness (QED) is 0.666. The molecule has 0 saturated carbocycles. The normalized spacial score (nSPS) is 21.9. The van der Waals surface area contributed by atoms with E-state index in [0.29, 0.717) is 13.0 Å². The molecule has 3 atom stereocenters. The van der Waals surface area contributed by atoms with E-state index in [1.54, 1.807) is 6.07 Å². The fourth-order valence-electron chi connectivity index (χ4n) is 5.45. The summed E-state index contributed by atoms with van der Waals surface area (Å²) in [4.78, 5) is 17.5. The van der Waals surface area contributed by atoms with Crippen molar-refractivity contribution in [3.63, 3.8) is 0 Å². The summed E-state index contributed by atoms with van der Waals surface area (Å²) < 4.78 is 13.9. The number of anilines is 1. The largest absolute Gasteiger partial charge is 0.394 e. The van der Waals surface area contributed by atoms with Crippen LogP contribution in [0.1, 0.15) is 23.6 Å². The van der Waals surface area contributed by atoms with Crippen molar-refractivity contribution in [2.24, 2.45) is 5.92 Å². The fraction of sp³-hybridized carbons (Fsp3) is 0.296. The van der Waals surface area contributed by atoms with Gasteiger partial charge in [-0.3, -0.25) is 4.79 Å². The molecule has 1 fully saturated rings. The van der Waals surface area contributed by atoms with Gasteiger partial charge in [0.1, 0.15) is 5.82 Å². The molecule has 1 N–H and O–H groups in total. The summed E-state index contributed by atoms with van der Waals surface area (Å²) in [6, 6.07) is 22.4. The van der Waals surface area contributed by atoms with Gasteiger partial charge < -0.3 is 14.9 Å². The Hall–Kier alpha value is -3.18. The molecule has 0 spiro atoms. The number of nitrogens with zero attached hydrogens (tertiary/aromatic N) is 2. The lowest BCUT2D eigenvalue weighted by Crippen LogP contribution is -2.48. The number of likely N-dealkylation sites (N-methyl/N-ethyl adjacent to an activating group) is 1. The molecule has 1 saturated heterocycles. The van der Waals surface area contributed by atoms with Crippen LogP contribution in [0.2, 0.25) is 0 Å². The van der Waals surface area contributed by atoms with Gasteiger partial charge in [-0.05, 0) is 52.9 Å². The van der Waals surface area contributed by atoms with E-state index in [2.05, 4.69) is 11.0 Å². The highest BCUT2D eigenvalue weighted by atomic mass is 19.1. The highest BCUT2D eigenvalue weighted by molar-refractivity contribution is 5.81. The maximum atomic E-state index is 13.9. The van der Waals surface area contributed by atoms with Gasteiger partial charge in [-0.2, -0.15) is 0 Å². The van der Waals surface area contributed by atoms with Gasteiger partial charge in [0.05, 0.1) is 25.1 Å². The summed E-state index contributed by atoms with van der Waals surface area (Å²) in [7, 11) is 2.01. The molecule has 32 heavy (non-hydrogen) atoms. The molecule has 164 valence electrons. The number of amides is 1. The highest BCUT2D eigenvalue weighted by Crippen LogP contribution is 2.49. The van der Waals surface area contributed by atoms with Crippen LogP contribution in [0.15, 0.2) is 72.8 Å². The Bertz CT molecular complexity index is 1130.